The number of anilines is 1. The van der Waals surface area contributed by atoms with Crippen LogP contribution in [0.4, 0.5) is 5.69 Å². The Morgan fingerprint density at radius 3 is 2.64 bits per heavy atom. The fourth-order valence-electron chi connectivity index (χ4n) is 2.35. The Morgan fingerprint density at radius 1 is 1.14 bits per heavy atom. The maximum Gasteiger partial charge on any atom is 0.118 e. The molecule has 0 saturated heterocycles. The molecule has 0 aliphatic carbocycles. The van der Waals surface area contributed by atoms with Crippen LogP contribution in [0.2, 0.25) is 0 Å². The maximum atomic E-state index is 9.30. The minimum absolute atomic E-state index is 0.548. The van der Waals surface area contributed by atoms with E-state index in [4.69, 9.17) is 4.74 Å². The summed E-state index contributed by atoms with van der Waals surface area (Å²) in [7, 11) is 1.65. The molecule has 4 nitrogen and oxygen atoms in total. The van der Waals surface area contributed by atoms with E-state index in [0.29, 0.717) is 12.1 Å². The highest BCUT2D eigenvalue weighted by Crippen LogP contribution is 2.26. The molecule has 0 aliphatic heterocycles. The van der Waals surface area contributed by atoms with Crippen molar-refractivity contribution in [3.8, 4) is 11.8 Å². The lowest BCUT2D eigenvalue weighted by atomic mass is 10.1. The molecule has 0 amide bonds. The van der Waals surface area contributed by atoms with E-state index in [2.05, 4.69) is 16.4 Å². The molecule has 1 heterocycles. The van der Waals surface area contributed by atoms with Crippen molar-refractivity contribution in [3.05, 3.63) is 65.9 Å². The molecular formula is C18H15N3O. The highest BCUT2D eigenvalue weighted by Gasteiger charge is 2.08. The first kappa shape index (κ1) is 13.9. The van der Waals surface area contributed by atoms with Crippen LogP contribution < -0.4 is 10.1 Å². The van der Waals surface area contributed by atoms with Crippen LogP contribution in [0.5, 0.6) is 5.75 Å². The van der Waals surface area contributed by atoms with Crippen molar-refractivity contribution in [1.82, 2.24) is 4.98 Å². The van der Waals surface area contributed by atoms with Crippen LogP contribution in [0, 0.1) is 11.3 Å². The molecule has 22 heavy (non-hydrogen) atoms. The first-order chi connectivity index (χ1) is 10.8. The van der Waals surface area contributed by atoms with Gasteiger partial charge in [-0.15, -0.1) is 0 Å². The highest BCUT2D eigenvalue weighted by atomic mass is 16.5. The second kappa shape index (κ2) is 6.15. The van der Waals surface area contributed by atoms with Crippen molar-refractivity contribution in [3.63, 3.8) is 0 Å². The van der Waals surface area contributed by atoms with E-state index in [-0.39, 0.29) is 0 Å². The number of rotatable bonds is 4. The number of nitriles is 1. The maximum absolute atomic E-state index is 9.30. The molecule has 1 N–H and O–H groups in total. The van der Waals surface area contributed by atoms with Gasteiger partial charge < -0.3 is 10.1 Å². The number of aromatic nitrogens is 1. The molecule has 0 fully saturated rings. The van der Waals surface area contributed by atoms with Gasteiger partial charge in [-0.1, -0.05) is 30.3 Å². The van der Waals surface area contributed by atoms with Gasteiger partial charge in [0, 0.05) is 18.1 Å². The van der Waals surface area contributed by atoms with Crippen molar-refractivity contribution in [2.75, 3.05) is 12.4 Å². The number of pyridine rings is 1. The zero-order chi connectivity index (χ0) is 15.4. The number of hydrogen-bond donors (Lipinski definition) is 1. The lowest BCUT2D eigenvalue weighted by Gasteiger charge is -2.11. The molecule has 0 radical (unpaired) electrons. The number of nitrogens with zero attached hydrogens (tertiary/aromatic N) is 2. The third-order valence-corrected chi connectivity index (χ3v) is 3.52. The first-order valence-corrected chi connectivity index (χ1v) is 6.96. The normalized spacial score (nSPS) is 10.2. The molecular weight excluding hydrogens is 274 g/mol. The van der Waals surface area contributed by atoms with Gasteiger partial charge in [-0.25, -0.2) is 0 Å². The quantitative estimate of drug-likeness (QED) is 0.795. The topological polar surface area (TPSA) is 57.9 Å². The van der Waals surface area contributed by atoms with E-state index < -0.39 is 0 Å². The Kier molecular flexibility index (Phi) is 3.88. The van der Waals surface area contributed by atoms with Crippen LogP contribution in [0.25, 0.3) is 10.9 Å². The minimum Gasteiger partial charge on any atom is -0.497 e. The van der Waals surface area contributed by atoms with Gasteiger partial charge in [0.05, 0.1) is 23.9 Å². The van der Waals surface area contributed by atoms with Gasteiger partial charge in [-0.3, -0.25) is 4.98 Å². The monoisotopic (exact) mass is 289 g/mol. The van der Waals surface area contributed by atoms with Crippen LogP contribution in [-0.2, 0) is 6.54 Å². The number of hydrogen-bond acceptors (Lipinski definition) is 4. The van der Waals surface area contributed by atoms with Gasteiger partial charge >= 0.3 is 0 Å². The Labute approximate surface area is 129 Å². The van der Waals surface area contributed by atoms with Gasteiger partial charge in [0.25, 0.3) is 0 Å². The van der Waals surface area contributed by atoms with Gasteiger partial charge in [-0.05, 0) is 23.8 Å². The Morgan fingerprint density at radius 2 is 1.91 bits per heavy atom. The zero-order valence-electron chi connectivity index (χ0n) is 12.2. The highest BCUT2D eigenvalue weighted by molar-refractivity contribution is 5.93. The van der Waals surface area contributed by atoms with E-state index in [9.17, 15) is 5.26 Å². The van der Waals surface area contributed by atoms with Crippen LogP contribution >= 0.6 is 0 Å². The lowest BCUT2D eigenvalue weighted by Crippen LogP contribution is -2.03. The third kappa shape index (κ3) is 2.70. The van der Waals surface area contributed by atoms with Gasteiger partial charge in [0.2, 0.25) is 0 Å². The average Bonchev–Trinajstić information content (AvgIpc) is 2.60. The van der Waals surface area contributed by atoms with Crippen LogP contribution in [0.1, 0.15) is 11.1 Å². The fraction of sp³-hybridized carbons (Fsp3) is 0.111. The summed E-state index contributed by atoms with van der Waals surface area (Å²) in [6.45, 7) is 0.632. The van der Waals surface area contributed by atoms with Crippen LogP contribution in [0.3, 0.4) is 0 Å². The summed E-state index contributed by atoms with van der Waals surface area (Å²) in [5, 5.41) is 13.6. The molecule has 2 aromatic carbocycles. The Balaban J connectivity index is 1.90. The van der Waals surface area contributed by atoms with E-state index in [1.807, 2.05) is 48.5 Å². The second-order valence-electron chi connectivity index (χ2n) is 4.88. The molecule has 0 aliphatic rings. The SMILES string of the molecule is COc1ccc(CNc2c(C#N)cnc3ccccc23)cc1. The molecule has 0 unspecified atom stereocenters. The van der Waals surface area contributed by atoms with Gasteiger partial charge in [-0.2, -0.15) is 5.26 Å². The largest absolute Gasteiger partial charge is 0.497 e. The summed E-state index contributed by atoms with van der Waals surface area (Å²) < 4.78 is 5.15. The predicted molar refractivity (Wildman–Crippen MR) is 86.8 cm³/mol. The average molecular weight is 289 g/mol. The Hall–Kier alpha value is -3.06. The summed E-state index contributed by atoms with van der Waals surface area (Å²) in [6, 6.07) is 17.8. The summed E-state index contributed by atoms with van der Waals surface area (Å²) in [5.74, 6) is 0.829. The lowest BCUT2D eigenvalue weighted by molar-refractivity contribution is 0.414. The van der Waals surface area contributed by atoms with E-state index in [0.717, 1.165) is 27.9 Å². The zero-order valence-corrected chi connectivity index (χ0v) is 12.2. The molecule has 3 aromatic rings. The first-order valence-electron chi connectivity index (χ1n) is 6.96. The Bertz CT molecular complexity index is 835. The van der Waals surface area contributed by atoms with Crippen molar-refractivity contribution >= 4 is 16.6 Å². The molecule has 108 valence electrons. The van der Waals surface area contributed by atoms with E-state index >= 15 is 0 Å². The van der Waals surface area contributed by atoms with Crippen molar-refractivity contribution in [1.29, 1.82) is 5.26 Å². The predicted octanol–water partition coefficient (Wildman–Crippen LogP) is 3.73. The summed E-state index contributed by atoms with van der Waals surface area (Å²) >= 11 is 0. The summed E-state index contributed by atoms with van der Waals surface area (Å²) in [6.07, 6.45) is 1.61. The van der Waals surface area contributed by atoms with Crippen LogP contribution in [-0.4, -0.2) is 12.1 Å². The third-order valence-electron chi connectivity index (χ3n) is 3.52. The molecule has 4 heteroatoms. The minimum atomic E-state index is 0.548. The van der Waals surface area contributed by atoms with Crippen LogP contribution in [0.15, 0.2) is 54.7 Å². The van der Waals surface area contributed by atoms with Gasteiger partial charge in [0.1, 0.15) is 11.8 Å². The number of nitrogens with one attached hydrogen (secondary N) is 1. The van der Waals surface area contributed by atoms with Crippen molar-refractivity contribution in [2.45, 2.75) is 6.54 Å². The molecule has 0 saturated carbocycles. The number of methoxy groups -OCH3 is 1. The van der Waals surface area contributed by atoms with E-state index in [1.165, 1.54) is 0 Å². The van der Waals surface area contributed by atoms with E-state index in [1.54, 1.807) is 13.3 Å². The number of benzene rings is 2. The molecule has 3 rings (SSSR count). The molecule has 0 atom stereocenters. The number of ether oxygens (including phenoxy) is 1. The number of fused-ring (bicyclic) bond motifs is 1. The standard InChI is InChI=1S/C18H15N3O/c1-22-15-8-6-13(7-9-15)11-21-18-14(10-19)12-20-17-5-3-2-4-16(17)18/h2-9,12H,11H2,1H3,(H,20,21). The second-order valence-corrected chi connectivity index (χ2v) is 4.88. The molecule has 1 aromatic heterocycles. The number of para-hydroxylation sites is 1. The summed E-state index contributed by atoms with van der Waals surface area (Å²) in [5.41, 5.74) is 3.36. The summed E-state index contributed by atoms with van der Waals surface area (Å²) in [4.78, 5) is 4.31. The molecule has 0 spiro atoms. The van der Waals surface area contributed by atoms with Crippen molar-refractivity contribution in [2.24, 2.45) is 0 Å². The fourth-order valence-corrected chi connectivity index (χ4v) is 2.35. The van der Waals surface area contributed by atoms with Gasteiger partial charge in [0.15, 0.2) is 0 Å². The van der Waals surface area contributed by atoms with Crippen molar-refractivity contribution < 1.29 is 4.74 Å². The molecule has 0 bridgehead atoms. The smallest absolute Gasteiger partial charge is 0.118 e.